The van der Waals surface area contributed by atoms with Gasteiger partial charge in [-0.25, -0.2) is 9.97 Å². The van der Waals surface area contributed by atoms with E-state index in [-0.39, 0.29) is 0 Å². The summed E-state index contributed by atoms with van der Waals surface area (Å²) in [6.45, 7) is 3.85. The van der Waals surface area contributed by atoms with Gasteiger partial charge in [-0.1, -0.05) is 11.6 Å². The van der Waals surface area contributed by atoms with E-state index in [1.165, 1.54) is 0 Å². The molecule has 0 aliphatic rings. The lowest BCUT2D eigenvalue weighted by molar-refractivity contribution is 0.416. The summed E-state index contributed by atoms with van der Waals surface area (Å²) in [5.41, 5.74) is 8.61. The van der Waals surface area contributed by atoms with Crippen LogP contribution in [0.2, 0.25) is 0 Å². The van der Waals surface area contributed by atoms with Crippen molar-refractivity contribution in [2.24, 2.45) is 0 Å². The Kier molecular flexibility index (Phi) is 2.95. The number of benzene rings is 1. The molecule has 2 rings (SSSR count). The number of nitrogens with two attached hydrogens (primary N) is 1. The van der Waals surface area contributed by atoms with Crippen molar-refractivity contribution in [3.05, 3.63) is 35.7 Å². The first-order valence-electron chi connectivity index (χ1n) is 5.36. The highest BCUT2D eigenvalue weighted by Gasteiger charge is 2.09. The van der Waals surface area contributed by atoms with Crippen LogP contribution < -0.4 is 10.5 Å². The van der Waals surface area contributed by atoms with Gasteiger partial charge in [0.25, 0.3) is 0 Å². The van der Waals surface area contributed by atoms with Crippen LogP contribution in [0.25, 0.3) is 11.3 Å². The van der Waals surface area contributed by atoms with Gasteiger partial charge >= 0.3 is 0 Å². The monoisotopic (exact) mass is 229 g/mol. The molecule has 0 fully saturated rings. The lowest BCUT2D eigenvalue weighted by Crippen LogP contribution is -1.98. The van der Waals surface area contributed by atoms with Gasteiger partial charge in [0.15, 0.2) is 0 Å². The number of rotatable bonds is 2. The number of ether oxygens (including phenoxy) is 1. The molecule has 2 aromatic rings. The minimum Gasteiger partial charge on any atom is -0.496 e. The molecule has 0 radical (unpaired) electrons. The fourth-order valence-electron chi connectivity index (χ4n) is 1.75. The molecule has 0 unspecified atom stereocenters. The van der Waals surface area contributed by atoms with Crippen molar-refractivity contribution < 1.29 is 4.74 Å². The molecule has 0 amide bonds. The number of aryl methyl sites for hydroxylation is 2. The highest BCUT2D eigenvalue weighted by atomic mass is 16.5. The zero-order valence-corrected chi connectivity index (χ0v) is 10.2. The normalized spacial score (nSPS) is 10.3. The van der Waals surface area contributed by atoms with E-state index in [0.29, 0.717) is 11.6 Å². The molecule has 0 bridgehead atoms. The molecule has 0 spiro atoms. The van der Waals surface area contributed by atoms with Crippen molar-refractivity contribution in [1.29, 1.82) is 0 Å². The Balaban J connectivity index is 2.62. The average molecular weight is 229 g/mol. The number of methoxy groups -OCH3 is 1. The third-order valence-corrected chi connectivity index (χ3v) is 2.49. The molecule has 4 nitrogen and oxygen atoms in total. The van der Waals surface area contributed by atoms with E-state index >= 15 is 0 Å². The highest BCUT2D eigenvalue weighted by Crippen LogP contribution is 2.30. The lowest BCUT2D eigenvalue weighted by Gasteiger charge is -2.09. The smallest absolute Gasteiger partial charge is 0.128 e. The van der Waals surface area contributed by atoms with Crippen LogP contribution in [0.3, 0.4) is 0 Å². The molecule has 1 aromatic heterocycles. The molecule has 1 heterocycles. The zero-order valence-electron chi connectivity index (χ0n) is 10.2. The summed E-state index contributed by atoms with van der Waals surface area (Å²) < 4.78 is 5.33. The molecule has 88 valence electrons. The minimum absolute atomic E-state index is 0.469. The maximum absolute atomic E-state index is 5.73. The van der Waals surface area contributed by atoms with Crippen molar-refractivity contribution in [3.8, 4) is 17.0 Å². The van der Waals surface area contributed by atoms with Gasteiger partial charge < -0.3 is 10.5 Å². The van der Waals surface area contributed by atoms with Crippen molar-refractivity contribution in [2.45, 2.75) is 13.8 Å². The summed E-state index contributed by atoms with van der Waals surface area (Å²) in [7, 11) is 1.64. The van der Waals surface area contributed by atoms with Crippen LogP contribution in [0.4, 0.5) is 5.82 Å². The highest BCUT2D eigenvalue weighted by molar-refractivity contribution is 5.69. The SMILES string of the molecule is COc1ccc(C)cc1-c1cc(N)nc(C)n1. The van der Waals surface area contributed by atoms with Crippen LogP contribution in [-0.2, 0) is 0 Å². The van der Waals surface area contributed by atoms with Crippen LogP contribution in [-0.4, -0.2) is 17.1 Å². The number of hydrogen-bond acceptors (Lipinski definition) is 4. The van der Waals surface area contributed by atoms with E-state index < -0.39 is 0 Å². The molecule has 0 aliphatic carbocycles. The summed E-state index contributed by atoms with van der Waals surface area (Å²) in [6, 6.07) is 7.71. The second-order valence-electron chi connectivity index (χ2n) is 3.93. The Bertz CT molecular complexity index is 532. The standard InChI is InChI=1S/C13H15N3O/c1-8-4-5-12(17-3)10(6-8)11-7-13(14)16-9(2)15-11/h4-7H,1-3H3,(H2,14,15,16). The second-order valence-corrected chi connectivity index (χ2v) is 3.93. The number of nitrogens with zero attached hydrogens (tertiary/aromatic N) is 2. The largest absolute Gasteiger partial charge is 0.496 e. The first-order chi connectivity index (χ1) is 8.10. The minimum atomic E-state index is 0.469. The molecule has 4 heteroatoms. The van der Waals surface area contributed by atoms with E-state index in [4.69, 9.17) is 10.5 Å². The first kappa shape index (κ1) is 11.4. The van der Waals surface area contributed by atoms with E-state index in [2.05, 4.69) is 9.97 Å². The van der Waals surface area contributed by atoms with Gasteiger partial charge in [-0.05, 0) is 26.0 Å². The van der Waals surface area contributed by atoms with E-state index in [1.807, 2.05) is 32.0 Å². The summed E-state index contributed by atoms with van der Waals surface area (Å²) in [5, 5.41) is 0. The third-order valence-electron chi connectivity index (χ3n) is 2.49. The van der Waals surface area contributed by atoms with Crippen molar-refractivity contribution in [2.75, 3.05) is 12.8 Å². The topological polar surface area (TPSA) is 61.0 Å². The van der Waals surface area contributed by atoms with Crippen LogP contribution >= 0.6 is 0 Å². The van der Waals surface area contributed by atoms with Gasteiger partial charge in [-0.15, -0.1) is 0 Å². The summed E-state index contributed by atoms with van der Waals surface area (Å²) in [6.07, 6.45) is 0. The first-order valence-corrected chi connectivity index (χ1v) is 5.36. The van der Waals surface area contributed by atoms with Crippen molar-refractivity contribution in [1.82, 2.24) is 9.97 Å². The van der Waals surface area contributed by atoms with Gasteiger partial charge in [0, 0.05) is 11.6 Å². The van der Waals surface area contributed by atoms with E-state index in [0.717, 1.165) is 22.6 Å². The second kappa shape index (κ2) is 4.41. The fourth-order valence-corrected chi connectivity index (χ4v) is 1.75. The van der Waals surface area contributed by atoms with Crippen LogP contribution in [0.5, 0.6) is 5.75 Å². The number of aromatic nitrogens is 2. The predicted molar refractivity (Wildman–Crippen MR) is 67.9 cm³/mol. The Morgan fingerprint density at radius 2 is 1.88 bits per heavy atom. The fraction of sp³-hybridized carbons (Fsp3) is 0.231. The zero-order chi connectivity index (χ0) is 12.4. The Labute approximate surface area is 100 Å². The van der Waals surface area contributed by atoms with Crippen LogP contribution in [0.1, 0.15) is 11.4 Å². The Morgan fingerprint density at radius 1 is 1.12 bits per heavy atom. The lowest BCUT2D eigenvalue weighted by atomic mass is 10.1. The predicted octanol–water partition coefficient (Wildman–Crippen LogP) is 2.35. The van der Waals surface area contributed by atoms with Crippen LogP contribution in [0.15, 0.2) is 24.3 Å². The summed E-state index contributed by atoms with van der Waals surface area (Å²) in [4.78, 5) is 8.45. The van der Waals surface area contributed by atoms with Gasteiger partial charge in [-0.3, -0.25) is 0 Å². The van der Waals surface area contributed by atoms with Crippen LogP contribution in [0, 0.1) is 13.8 Å². The van der Waals surface area contributed by atoms with Gasteiger partial charge in [0.1, 0.15) is 17.4 Å². The van der Waals surface area contributed by atoms with Gasteiger partial charge in [-0.2, -0.15) is 0 Å². The molecule has 17 heavy (non-hydrogen) atoms. The molecule has 0 aliphatic heterocycles. The average Bonchev–Trinajstić information content (AvgIpc) is 2.27. The summed E-state index contributed by atoms with van der Waals surface area (Å²) >= 11 is 0. The Hall–Kier alpha value is -2.10. The quantitative estimate of drug-likeness (QED) is 0.858. The molecule has 0 atom stereocenters. The number of anilines is 1. The molecular weight excluding hydrogens is 214 g/mol. The maximum atomic E-state index is 5.73. The summed E-state index contributed by atoms with van der Waals surface area (Å²) in [5.74, 6) is 1.91. The molecule has 0 saturated carbocycles. The Morgan fingerprint density at radius 3 is 2.53 bits per heavy atom. The van der Waals surface area contributed by atoms with Crippen molar-refractivity contribution in [3.63, 3.8) is 0 Å². The van der Waals surface area contributed by atoms with Gasteiger partial charge in [0.2, 0.25) is 0 Å². The molecule has 1 aromatic carbocycles. The molecule has 0 saturated heterocycles. The van der Waals surface area contributed by atoms with Crippen molar-refractivity contribution >= 4 is 5.82 Å². The molecule has 2 N–H and O–H groups in total. The number of hydrogen-bond donors (Lipinski definition) is 1. The maximum Gasteiger partial charge on any atom is 0.128 e. The third kappa shape index (κ3) is 2.36. The molecular formula is C13H15N3O. The van der Waals surface area contributed by atoms with Gasteiger partial charge in [0.05, 0.1) is 12.8 Å². The van der Waals surface area contributed by atoms with E-state index in [1.54, 1.807) is 13.2 Å². The van der Waals surface area contributed by atoms with E-state index in [9.17, 15) is 0 Å². The number of nitrogen functional groups attached to an aromatic ring is 1.